The molecule has 1 N–H and O–H groups in total. The molecule has 0 bridgehead atoms. The molecule has 0 fully saturated rings. The fourth-order valence-corrected chi connectivity index (χ4v) is 2.23. The highest BCUT2D eigenvalue weighted by atomic mass is 35.5. The van der Waals surface area contributed by atoms with Crippen molar-refractivity contribution in [2.75, 3.05) is 7.05 Å². The molecule has 0 spiro atoms. The average Bonchev–Trinajstić information content (AvgIpc) is 2.24. The van der Waals surface area contributed by atoms with E-state index in [1.165, 1.54) is 6.07 Å². The molecule has 2 atom stereocenters. The molecular weight excluding hydrogens is 225 g/mol. The molecule has 1 aromatic rings. The zero-order valence-electron chi connectivity index (χ0n) is 10.1. The Labute approximate surface area is 102 Å². The van der Waals surface area contributed by atoms with Crippen LogP contribution in [0, 0.1) is 11.7 Å². The molecule has 1 rings (SSSR count). The van der Waals surface area contributed by atoms with E-state index < -0.39 is 0 Å². The third-order valence-corrected chi connectivity index (χ3v) is 3.29. The van der Waals surface area contributed by atoms with E-state index in [9.17, 15) is 4.39 Å². The summed E-state index contributed by atoms with van der Waals surface area (Å²) in [5.41, 5.74) is 0.741. The van der Waals surface area contributed by atoms with Crippen LogP contribution in [0.3, 0.4) is 0 Å². The summed E-state index contributed by atoms with van der Waals surface area (Å²) in [4.78, 5) is 0. The topological polar surface area (TPSA) is 12.0 Å². The smallest absolute Gasteiger partial charge is 0.127 e. The Hall–Kier alpha value is -0.600. The first kappa shape index (κ1) is 13.5. The maximum atomic E-state index is 13.6. The van der Waals surface area contributed by atoms with Gasteiger partial charge in [0.15, 0.2) is 0 Å². The van der Waals surface area contributed by atoms with Crippen LogP contribution in [0.5, 0.6) is 0 Å². The van der Waals surface area contributed by atoms with Gasteiger partial charge in [-0.15, -0.1) is 0 Å². The Morgan fingerprint density at radius 3 is 2.62 bits per heavy atom. The van der Waals surface area contributed by atoms with E-state index in [4.69, 9.17) is 11.6 Å². The lowest BCUT2D eigenvalue weighted by atomic mass is 9.92. The van der Waals surface area contributed by atoms with Crippen molar-refractivity contribution in [2.45, 2.75) is 32.7 Å². The van der Waals surface area contributed by atoms with Crippen molar-refractivity contribution in [3.8, 4) is 0 Å². The van der Waals surface area contributed by atoms with Gasteiger partial charge in [-0.1, -0.05) is 31.5 Å². The molecule has 1 aromatic carbocycles. The standard InChI is InChI=1S/C13H19ClFN/c1-4-13(16-3)9(2)7-10-5-6-11(14)8-12(10)15/h5-6,8-9,13,16H,4,7H2,1-3H3. The van der Waals surface area contributed by atoms with Crippen molar-refractivity contribution < 1.29 is 4.39 Å². The fourth-order valence-electron chi connectivity index (χ4n) is 2.07. The van der Waals surface area contributed by atoms with E-state index in [0.29, 0.717) is 17.0 Å². The monoisotopic (exact) mass is 243 g/mol. The summed E-state index contributed by atoms with van der Waals surface area (Å²) in [6, 6.07) is 5.32. The van der Waals surface area contributed by atoms with Crippen molar-refractivity contribution in [3.05, 3.63) is 34.6 Å². The third-order valence-electron chi connectivity index (χ3n) is 3.05. The van der Waals surface area contributed by atoms with E-state index in [0.717, 1.165) is 18.4 Å². The van der Waals surface area contributed by atoms with Crippen molar-refractivity contribution in [3.63, 3.8) is 0 Å². The van der Waals surface area contributed by atoms with E-state index in [2.05, 4.69) is 19.2 Å². The van der Waals surface area contributed by atoms with Crippen molar-refractivity contribution >= 4 is 11.6 Å². The minimum atomic E-state index is -0.203. The van der Waals surface area contributed by atoms with Gasteiger partial charge < -0.3 is 5.32 Å². The number of benzene rings is 1. The molecular formula is C13H19ClFN. The van der Waals surface area contributed by atoms with E-state index in [1.54, 1.807) is 12.1 Å². The molecule has 16 heavy (non-hydrogen) atoms. The first-order valence-electron chi connectivity index (χ1n) is 5.69. The van der Waals surface area contributed by atoms with E-state index >= 15 is 0 Å². The minimum Gasteiger partial charge on any atom is -0.317 e. The molecule has 0 saturated carbocycles. The van der Waals surface area contributed by atoms with Gasteiger partial charge >= 0.3 is 0 Å². The number of halogens is 2. The normalized spacial score (nSPS) is 14.8. The molecule has 1 nitrogen and oxygen atoms in total. The highest BCUT2D eigenvalue weighted by molar-refractivity contribution is 6.30. The summed E-state index contributed by atoms with van der Waals surface area (Å²) >= 11 is 5.72. The van der Waals surface area contributed by atoms with E-state index in [-0.39, 0.29) is 5.82 Å². The van der Waals surface area contributed by atoms with Crippen LogP contribution in [-0.2, 0) is 6.42 Å². The first-order chi connectivity index (χ1) is 7.58. The van der Waals surface area contributed by atoms with Gasteiger partial charge in [0.2, 0.25) is 0 Å². The predicted molar refractivity (Wildman–Crippen MR) is 67.4 cm³/mol. The van der Waals surface area contributed by atoms with Crippen LogP contribution in [0.1, 0.15) is 25.8 Å². The molecule has 2 unspecified atom stereocenters. The molecule has 0 heterocycles. The number of nitrogens with one attached hydrogen (secondary N) is 1. The van der Waals surface area contributed by atoms with Gasteiger partial charge in [0.05, 0.1) is 0 Å². The van der Waals surface area contributed by atoms with Crippen LogP contribution in [-0.4, -0.2) is 13.1 Å². The molecule has 90 valence electrons. The fraction of sp³-hybridized carbons (Fsp3) is 0.538. The molecule has 0 aliphatic rings. The Bertz CT molecular complexity index is 337. The van der Waals surface area contributed by atoms with Crippen molar-refractivity contribution in [1.29, 1.82) is 0 Å². The first-order valence-corrected chi connectivity index (χ1v) is 6.07. The Morgan fingerprint density at radius 1 is 1.44 bits per heavy atom. The molecule has 0 radical (unpaired) electrons. The van der Waals surface area contributed by atoms with Crippen LogP contribution >= 0.6 is 11.6 Å². The summed E-state index contributed by atoms with van der Waals surface area (Å²) in [5.74, 6) is 0.205. The Kier molecular flexibility index (Phi) is 5.23. The van der Waals surface area contributed by atoms with Crippen LogP contribution in [0.2, 0.25) is 5.02 Å². The summed E-state index contributed by atoms with van der Waals surface area (Å²) in [5, 5.41) is 3.71. The average molecular weight is 244 g/mol. The summed E-state index contributed by atoms with van der Waals surface area (Å²) in [6.45, 7) is 4.27. The SMILES string of the molecule is CCC(NC)C(C)Cc1ccc(Cl)cc1F. The third kappa shape index (κ3) is 3.46. The van der Waals surface area contributed by atoms with Crippen LogP contribution in [0.15, 0.2) is 18.2 Å². The summed E-state index contributed by atoms with van der Waals surface area (Å²) < 4.78 is 13.6. The maximum Gasteiger partial charge on any atom is 0.127 e. The molecule has 0 amide bonds. The zero-order chi connectivity index (χ0) is 12.1. The second kappa shape index (κ2) is 6.21. The van der Waals surface area contributed by atoms with Gasteiger partial charge in [-0.05, 0) is 43.5 Å². The Morgan fingerprint density at radius 2 is 2.12 bits per heavy atom. The van der Waals surface area contributed by atoms with Crippen LogP contribution in [0.25, 0.3) is 0 Å². The minimum absolute atomic E-state index is 0.203. The quantitative estimate of drug-likeness (QED) is 0.832. The second-order valence-corrected chi connectivity index (χ2v) is 4.66. The highest BCUT2D eigenvalue weighted by Gasteiger charge is 2.15. The lowest BCUT2D eigenvalue weighted by Crippen LogP contribution is -2.32. The van der Waals surface area contributed by atoms with Gasteiger partial charge in [-0.2, -0.15) is 0 Å². The maximum absolute atomic E-state index is 13.6. The van der Waals surface area contributed by atoms with Crippen molar-refractivity contribution in [2.24, 2.45) is 5.92 Å². The summed E-state index contributed by atoms with van der Waals surface area (Å²) in [7, 11) is 1.95. The van der Waals surface area contributed by atoms with Crippen LogP contribution < -0.4 is 5.32 Å². The lowest BCUT2D eigenvalue weighted by molar-refractivity contribution is 0.382. The van der Waals surface area contributed by atoms with Crippen molar-refractivity contribution in [1.82, 2.24) is 5.32 Å². The number of rotatable bonds is 5. The van der Waals surface area contributed by atoms with Gasteiger partial charge in [-0.25, -0.2) is 4.39 Å². The predicted octanol–water partition coefficient (Wildman–Crippen LogP) is 3.66. The van der Waals surface area contributed by atoms with Gasteiger partial charge in [-0.3, -0.25) is 0 Å². The van der Waals surface area contributed by atoms with Gasteiger partial charge in [0, 0.05) is 11.1 Å². The second-order valence-electron chi connectivity index (χ2n) is 4.22. The van der Waals surface area contributed by atoms with E-state index in [1.807, 2.05) is 7.05 Å². The molecule has 0 aliphatic heterocycles. The lowest BCUT2D eigenvalue weighted by Gasteiger charge is -2.22. The highest BCUT2D eigenvalue weighted by Crippen LogP contribution is 2.19. The number of hydrogen-bond acceptors (Lipinski definition) is 1. The zero-order valence-corrected chi connectivity index (χ0v) is 10.8. The number of hydrogen-bond donors (Lipinski definition) is 1. The molecule has 0 saturated heterocycles. The van der Waals surface area contributed by atoms with Crippen LogP contribution in [0.4, 0.5) is 4.39 Å². The molecule has 3 heteroatoms. The van der Waals surface area contributed by atoms with Gasteiger partial charge in [0.1, 0.15) is 5.82 Å². The molecule has 0 aromatic heterocycles. The Balaban J connectivity index is 2.72. The summed E-state index contributed by atoms with van der Waals surface area (Å²) in [6.07, 6.45) is 1.79. The van der Waals surface area contributed by atoms with Gasteiger partial charge in [0.25, 0.3) is 0 Å². The largest absolute Gasteiger partial charge is 0.317 e. The molecule has 0 aliphatic carbocycles.